The number of nitrogens with one attached hydrogen (secondary N) is 2. The first-order chi connectivity index (χ1) is 9.26. The second-order valence-electron chi connectivity index (χ2n) is 3.97. The average molecular weight is 286 g/mol. The molecular weight excluding hydrogens is 273 g/mol. The van der Waals surface area contributed by atoms with E-state index in [-0.39, 0.29) is 5.91 Å². The van der Waals surface area contributed by atoms with E-state index in [1.807, 2.05) is 0 Å². The Morgan fingerprint density at radius 2 is 1.80 bits per heavy atom. The monoisotopic (exact) mass is 286 g/mol. The van der Waals surface area contributed by atoms with Gasteiger partial charge in [0.05, 0.1) is 0 Å². The van der Waals surface area contributed by atoms with Gasteiger partial charge in [0.15, 0.2) is 0 Å². The Labute approximate surface area is 113 Å². The molecule has 1 aromatic carbocycles. The van der Waals surface area contributed by atoms with Crippen molar-refractivity contribution in [2.45, 2.75) is 13.1 Å². The summed E-state index contributed by atoms with van der Waals surface area (Å²) in [6, 6.07) is 6.49. The zero-order chi connectivity index (χ0) is 15.2. The molecule has 4 nitrogen and oxygen atoms in total. The van der Waals surface area contributed by atoms with Crippen LogP contribution in [0.1, 0.15) is 12.5 Å². The van der Waals surface area contributed by atoms with E-state index in [2.05, 4.69) is 5.32 Å². The molecule has 0 aliphatic carbocycles. The molecule has 0 aliphatic heterocycles. The average Bonchev–Trinajstić information content (AvgIpc) is 2.34. The fourth-order valence-corrected chi connectivity index (χ4v) is 1.30. The second-order valence-corrected chi connectivity index (χ2v) is 3.97. The standard InChI is InChI=1S/C13H13F3N2O2/c1-9(19)18-11-5-2-10(3-6-11)4-7-12(20)17-8-13(14,15)16/h2-7H,8H2,1H3,(H,17,20)(H,18,19)/b7-4+. The van der Waals surface area contributed by atoms with Gasteiger partial charge in [-0.2, -0.15) is 13.2 Å². The molecule has 20 heavy (non-hydrogen) atoms. The first kappa shape index (κ1) is 15.7. The number of carbonyl (C=O) groups is 2. The second kappa shape index (κ2) is 6.74. The lowest BCUT2D eigenvalue weighted by atomic mass is 10.2. The highest BCUT2D eigenvalue weighted by Gasteiger charge is 2.27. The number of carbonyl (C=O) groups excluding carboxylic acids is 2. The van der Waals surface area contributed by atoms with Crippen LogP contribution in [0, 0.1) is 0 Å². The van der Waals surface area contributed by atoms with E-state index in [0.717, 1.165) is 6.08 Å². The number of benzene rings is 1. The van der Waals surface area contributed by atoms with Crippen LogP contribution in [0.2, 0.25) is 0 Å². The van der Waals surface area contributed by atoms with E-state index in [4.69, 9.17) is 0 Å². The normalized spacial score (nSPS) is 11.4. The van der Waals surface area contributed by atoms with E-state index in [1.54, 1.807) is 29.6 Å². The van der Waals surface area contributed by atoms with Crippen LogP contribution in [0.4, 0.5) is 18.9 Å². The van der Waals surface area contributed by atoms with Gasteiger partial charge in [0.1, 0.15) is 6.54 Å². The molecule has 0 aliphatic rings. The smallest absolute Gasteiger partial charge is 0.343 e. The molecule has 0 bridgehead atoms. The molecule has 0 aromatic heterocycles. The third-order valence-electron chi connectivity index (χ3n) is 2.12. The van der Waals surface area contributed by atoms with Gasteiger partial charge in [-0.1, -0.05) is 12.1 Å². The van der Waals surface area contributed by atoms with Gasteiger partial charge in [-0.15, -0.1) is 0 Å². The lowest BCUT2D eigenvalue weighted by molar-refractivity contribution is -0.135. The summed E-state index contributed by atoms with van der Waals surface area (Å²) in [5.41, 5.74) is 1.22. The molecule has 7 heteroatoms. The van der Waals surface area contributed by atoms with Crippen LogP contribution in [-0.2, 0) is 9.59 Å². The fraction of sp³-hybridized carbons (Fsp3) is 0.231. The van der Waals surface area contributed by atoms with Gasteiger partial charge in [0.25, 0.3) is 0 Å². The summed E-state index contributed by atoms with van der Waals surface area (Å²) in [5.74, 6) is -1.03. The first-order valence-corrected chi connectivity index (χ1v) is 5.66. The Bertz CT molecular complexity index is 507. The van der Waals surface area contributed by atoms with Crippen LogP contribution in [0.15, 0.2) is 30.3 Å². The summed E-state index contributed by atoms with van der Waals surface area (Å²) in [7, 11) is 0. The summed E-state index contributed by atoms with van der Waals surface area (Å²) >= 11 is 0. The van der Waals surface area contributed by atoms with Gasteiger partial charge >= 0.3 is 6.18 Å². The number of halogens is 3. The van der Waals surface area contributed by atoms with Crippen molar-refractivity contribution in [3.8, 4) is 0 Å². The molecule has 0 spiro atoms. The van der Waals surface area contributed by atoms with E-state index in [0.29, 0.717) is 11.3 Å². The topological polar surface area (TPSA) is 58.2 Å². The van der Waals surface area contributed by atoms with Crippen molar-refractivity contribution >= 4 is 23.6 Å². The van der Waals surface area contributed by atoms with Crippen molar-refractivity contribution in [2.75, 3.05) is 11.9 Å². The Morgan fingerprint density at radius 1 is 1.20 bits per heavy atom. The molecule has 0 unspecified atom stereocenters. The molecular formula is C13H13F3N2O2. The van der Waals surface area contributed by atoms with Gasteiger partial charge < -0.3 is 10.6 Å². The van der Waals surface area contributed by atoms with Crippen molar-refractivity contribution in [1.29, 1.82) is 0 Å². The molecule has 2 N–H and O–H groups in total. The molecule has 0 saturated carbocycles. The van der Waals surface area contributed by atoms with Crippen molar-refractivity contribution in [3.63, 3.8) is 0 Å². The van der Waals surface area contributed by atoms with Crippen molar-refractivity contribution < 1.29 is 22.8 Å². The van der Waals surface area contributed by atoms with Crippen LogP contribution in [-0.4, -0.2) is 24.5 Å². The predicted molar refractivity (Wildman–Crippen MR) is 68.8 cm³/mol. The Kier molecular flexibility index (Phi) is 5.31. The maximum atomic E-state index is 11.9. The number of amides is 2. The van der Waals surface area contributed by atoms with E-state index in [9.17, 15) is 22.8 Å². The van der Waals surface area contributed by atoms with Crippen molar-refractivity contribution in [2.24, 2.45) is 0 Å². The minimum atomic E-state index is -4.43. The zero-order valence-corrected chi connectivity index (χ0v) is 10.6. The van der Waals surface area contributed by atoms with Crippen LogP contribution in [0.25, 0.3) is 6.08 Å². The van der Waals surface area contributed by atoms with E-state index < -0.39 is 18.6 Å². The zero-order valence-electron chi connectivity index (χ0n) is 10.6. The molecule has 0 heterocycles. The van der Waals surface area contributed by atoms with Crippen molar-refractivity contribution in [1.82, 2.24) is 5.32 Å². The number of hydrogen-bond donors (Lipinski definition) is 2. The molecule has 108 valence electrons. The summed E-state index contributed by atoms with van der Waals surface area (Å²) in [6.07, 6.45) is -2.04. The number of anilines is 1. The van der Waals surface area contributed by atoms with Gasteiger partial charge in [-0.3, -0.25) is 9.59 Å². The van der Waals surface area contributed by atoms with Gasteiger partial charge in [-0.25, -0.2) is 0 Å². The number of hydrogen-bond acceptors (Lipinski definition) is 2. The van der Waals surface area contributed by atoms with Crippen LogP contribution < -0.4 is 10.6 Å². The number of rotatable bonds is 4. The minimum absolute atomic E-state index is 0.208. The molecule has 0 fully saturated rings. The molecule has 2 amide bonds. The van der Waals surface area contributed by atoms with Gasteiger partial charge in [0.2, 0.25) is 11.8 Å². The lowest BCUT2D eigenvalue weighted by Crippen LogP contribution is -2.32. The van der Waals surface area contributed by atoms with Crippen LogP contribution >= 0.6 is 0 Å². The summed E-state index contributed by atoms with van der Waals surface area (Å²) in [6.45, 7) is 0.0104. The summed E-state index contributed by atoms with van der Waals surface area (Å²) in [5, 5.41) is 4.29. The first-order valence-electron chi connectivity index (χ1n) is 5.66. The quantitative estimate of drug-likeness (QED) is 0.835. The maximum Gasteiger partial charge on any atom is 0.405 e. The highest BCUT2D eigenvalue weighted by Crippen LogP contribution is 2.12. The number of alkyl halides is 3. The Balaban J connectivity index is 2.53. The highest BCUT2D eigenvalue weighted by atomic mass is 19.4. The van der Waals surface area contributed by atoms with Crippen LogP contribution in [0.5, 0.6) is 0 Å². The third-order valence-corrected chi connectivity index (χ3v) is 2.12. The van der Waals surface area contributed by atoms with Gasteiger partial charge in [0, 0.05) is 18.7 Å². The Hall–Kier alpha value is -2.31. The van der Waals surface area contributed by atoms with Crippen molar-refractivity contribution in [3.05, 3.63) is 35.9 Å². The molecule has 1 aromatic rings. The molecule has 0 atom stereocenters. The largest absolute Gasteiger partial charge is 0.405 e. The fourth-order valence-electron chi connectivity index (χ4n) is 1.30. The summed E-state index contributed by atoms with van der Waals surface area (Å²) < 4.78 is 35.6. The highest BCUT2D eigenvalue weighted by molar-refractivity contribution is 5.92. The minimum Gasteiger partial charge on any atom is -0.343 e. The maximum absolute atomic E-state index is 11.9. The SMILES string of the molecule is CC(=O)Nc1ccc(/C=C/C(=O)NCC(F)(F)F)cc1. The third kappa shape index (κ3) is 6.58. The molecule has 0 radical (unpaired) electrons. The molecule has 1 rings (SSSR count). The summed E-state index contributed by atoms with van der Waals surface area (Å²) in [4.78, 5) is 21.9. The Morgan fingerprint density at radius 3 is 2.30 bits per heavy atom. The predicted octanol–water partition coefficient (Wildman–Crippen LogP) is 2.34. The lowest BCUT2D eigenvalue weighted by Gasteiger charge is -2.05. The van der Waals surface area contributed by atoms with Crippen LogP contribution in [0.3, 0.4) is 0 Å². The van der Waals surface area contributed by atoms with Gasteiger partial charge in [-0.05, 0) is 23.8 Å². The van der Waals surface area contributed by atoms with E-state index in [1.165, 1.54) is 13.0 Å². The van der Waals surface area contributed by atoms with E-state index >= 15 is 0 Å². The molecule has 0 saturated heterocycles.